The van der Waals surface area contributed by atoms with E-state index < -0.39 is 0 Å². The van der Waals surface area contributed by atoms with Crippen LogP contribution in [0.1, 0.15) is 37.1 Å². The maximum atomic E-state index is 12.1. The minimum Gasteiger partial charge on any atom is -0.311 e. The third kappa shape index (κ3) is 3.25. The molecule has 0 saturated carbocycles. The van der Waals surface area contributed by atoms with Crippen LogP contribution in [0.2, 0.25) is 0 Å². The lowest BCUT2D eigenvalue weighted by Crippen LogP contribution is -2.33. The van der Waals surface area contributed by atoms with Crippen molar-refractivity contribution in [3.63, 3.8) is 0 Å². The Labute approximate surface area is 115 Å². The van der Waals surface area contributed by atoms with Crippen molar-refractivity contribution in [3.05, 3.63) is 33.7 Å². The van der Waals surface area contributed by atoms with Crippen LogP contribution in [0.5, 0.6) is 0 Å². The van der Waals surface area contributed by atoms with Crippen molar-refractivity contribution in [2.45, 2.75) is 38.8 Å². The first-order valence-electron chi connectivity index (χ1n) is 7.24. The van der Waals surface area contributed by atoms with Crippen molar-refractivity contribution in [3.8, 4) is 0 Å². The van der Waals surface area contributed by atoms with Crippen LogP contribution in [0.25, 0.3) is 0 Å². The van der Waals surface area contributed by atoms with Crippen molar-refractivity contribution < 1.29 is 0 Å². The first-order chi connectivity index (χ1) is 9.13. The monoisotopic (exact) mass is 263 g/mol. The van der Waals surface area contributed by atoms with Crippen LogP contribution in [0.15, 0.2) is 16.9 Å². The lowest BCUT2D eigenvalue weighted by atomic mass is 9.91. The lowest BCUT2D eigenvalue weighted by Gasteiger charge is -2.28. The summed E-state index contributed by atoms with van der Waals surface area (Å²) in [4.78, 5) is 14.2. The predicted molar refractivity (Wildman–Crippen MR) is 78.6 cm³/mol. The van der Waals surface area contributed by atoms with E-state index in [1.54, 1.807) is 6.07 Å². The van der Waals surface area contributed by atoms with Gasteiger partial charge in [0.1, 0.15) is 0 Å². The Morgan fingerprint density at radius 3 is 2.89 bits per heavy atom. The van der Waals surface area contributed by atoms with Gasteiger partial charge in [-0.05, 0) is 45.5 Å². The highest BCUT2D eigenvalue weighted by molar-refractivity contribution is 5.27. The normalized spacial score (nSPS) is 18.6. The molecule has 1 aromatic rings. The van der Waals surface area contributed by atoms with Gasteiger partial charge in [-0.2, -0.15) is 0 Å². The summed E-state index contributed by atoms with van der Waals surface area (Å²) in [6.07, 6.45) is 3.36. The molecule has 0 bridgehead atoms. The van der Waals surface area contributed by atoms with E-state index in [4.69, 9.17) is 0 Å². The summed E-state index contributed by atoms with van der Waals surface area (Å²) in [6, 6.07) is 4.17. The Morgan fingerprint density at radius 1 is 1.42 bits per heavy atom. The van der Waals surface area contributed by atoms with E-state index in [2.05, 4.69) is 17.1 Å². The fourth-order valence-corrected chi connectivity index (χ4v) is 2.87. The molecular weight excluding hydrogens is 238 g/mol. The van der Waals surface area contributed by atoms with Crippen molar-refractivity contribution >= 4 is 0 Å². The van der Waals surface area contributed by atoms with Gasteiger partial charge in [-0.15, -0.1) is 0 Å². The maximum absolute atomic E-state index is 12.1. The average Bonchev–Trinajstić information content (AvgIpc) is 2.38. The lowest BCUT2D eigenvalue weighted by molar-refractivity contribution is 0.370. The fraction of sp³-hybridized carbons (Fsp3) is 0.667. The van der Waals surface area contributed by atoms with Crippen molar-refractivity contribution in [2.75, 3.05) is 27.2 Å². The molecule has 0 amide bonds. The molecule has 1 aliphatic carbocycles. The molecule has 1 unspecified atom stereocenters. The highest BCUT2D eigenvalue weighted by atomic mass is 16.1. The fourth-order valence-electron chi connectivity index (χ4n) is 2.87. The number of nitrogens with zero attached hydrogens (tertiary/aromatic N) is 2. The van der Waals surface area contributed by atoms with Gasteiger partial charge < -0.3 is 14.8 Å². The minimum absolute atomic E-state index is 0.137. The number of hydrogen-bond acceptors (Lipinski definition) is 3. The number of hydrogen-bond donors (Lipinski definition) is 1. The number of likely N-dealkylation sites (N-methyl/N-ethyl adjacent to an activating group) is 1. The molecular formula is C15H25N3O. The third-order valence-electron chi connectivity index (χ3n) is 3.83. The van der Waals surface area contributed by atoms with E-state index in [1.807, 2.05) is 24.7 Å². The molecule has 1 aliphatic rings. The van der Waals surface area contributed by atoms with Crippen LogP contribution in [-0.4, -0.2) is 36.7 Å². The van der Waals surface area contributed by atoms with E-state index >= 15 is 0 Å². The van der Waals surface area contributed by atoms with Crippen LogP contribution >= 0.6 is 0 Å². The first-order valence-corrected chi connectivity index (χ1v) is 7.24. The molecule has 0 aromatic carbocycles. The number of rotatable bonds is 5. The van der Waals surface area contributed by atoms with Gasteiger partial charge in [-0.1, -0.05) is 13.0 Å². The summed E-state index contributed by atoms with van der Waals surface area (Å²) in [5.74, 6) is 0. The number of nitrogens with one attached hydrogen (secondary N) is 1. The van der Waals surface area contributed by atoms with Crippen LogP contribution in [0.3, 0.4) is 0 Å². The Kier molecular flexibility index (Phi) is 4.77. The van der Waals surface area contributed by atoms with Gasteiger partial charge >= 0.3 is 0 Å². The summed E-state index contributed by atoms with van der Waals surface area (Å²) in [5, 5.41) is 3.53. The molecule has 106 valence electrons. The molecule has 0 radical (unpaired) electrons. The first kappa shape index (κ1) is 14.3. The summed E-state index contributed by atoms with van der Waals surface area (Å²) < 4.78 is 1.97. The van der Waals surface area contributed by atoms with Crippen molar-refractivity contribution in [2.24, 2.45) is 0 Å². The van der Waals surface area contributed by atoms with E-state index in [-0.39, 0.29) is 5.56 Å². The second-order valence-electron chi connectivity index (χ2n) is 5.53. The molecule has 0 spiro atoms. The second-order valence-corrected chi connectivity index (χ2v) is 5.53. The molecule has 0 saturated heterocycles. The Bertz CT molecular complexity index is 479. The zero-order chi connectivity index (χ0) is 13.8. The molecule has 1 N–H and O–H groups in total. The standard InChI is InChI=1S/C15H25N3O/c1-4-16-13-6-5-7-14-12(13)8-9-15(19)18(14)11-10-17(2)3/h8-9,13,16H,4-7,10-11H2,1-3H3. The Balaban J connectivity index is 2.33. The van der Waals surface area contributed by atoms with Crippen molar-refractivity contribution in [1.82, 2.24) is 14.8 Å². The van der Waals surface area contributed by atoms with Gasteiger partial charge in [0, 0.05) is 30.9 Å². The molecule has 0 aliphatic heterocycles. The molecule has 1 aromatic heterocycles. The summed E-state index contributed by atoms with van der Waals surface area (Å²) in [5.41, 5.74) is 2.70. The topological polar surface area (TPSA) is 37.3 Å². The quantitative estimate of drug-likeness (QED) is 0.872. The number of pyridine rings is 1. The smallest absolute Gasteiger partial charge is 0.250 e. The molecule has 19 heavy (non-hydrogen) atoms. The molecule has 1 heterocycles. The van der Waals surface area contributed by atoms with E-state index in [0.717, 1.165) is 32.5 Å². The van der Waals surface area contributed by atoms with Gasteiger partial charge in [0.05, 0.1) is 0 Å². The largest absolute Gasteiger partial charge is 0.311 e. The maximum Gasteiger partial charge on any atom is 0.250 e. The van der Waals surface area contributed by atoms with E-state index in [0.29, 0.717) is 6.04 Å². The zero-order valence-electron chi connectivity index (χ0n) is 12.3. The van der Waals surface area contributed by atoms with Gasteiger partial charge in [0.2, 0.25) is 0 Å². The average molecular weight is 263 g/mol. The summed E-state index contributed by atoms with van der Waals surface area (Å²) in [7, 11) is 4.09. The zero-order valence-corrected chi connectivity index (χ0v) is 12.3. The highest BCUT2D eigenvalue weighted by Gasteiger charge is 2.22. The Morgan fingerprint density at radius 2 is 2.21 bits per heavy atom. The predicted octanol–water partition coefficient (Wildman–Crippen LogP) is 1.40. The van der Waals surface area contributed by atoms with Gasteiger partial charge in [-0.3, -0.25) is 4.79 Å². The molecule has 2 rings (SSSR count). The van der Waals surface area contributed by atoms with Crippen molar-refractivity contribution in [1.29, 1.82) is 0 Å². The third-order valence-corrected chi connectivity index (χ3v) is 3.83. The summed E-state index contributed by atoms with van der Waals surface area (Å²) in [6.45, 7) is 4.80. The SMILES string of the molecule is CCNC1CCCc2c1ccc(=O)n2CCN(C)C. The van der Waals surface area contributed by atoms with Crippen LogP contribution in [-0.2, 0) is 13.0 Å². The van der Waals surface area contributed by atoms with Gasteiger partial charge in [0.15, 0.2) is 0 Å². The van der Waals surface area contributed by atoms with Crippen LogP contribution < -0.4 is 10.9 Å². The minimum atomic E-state index is 0.137. The van der Waals surface area contributed by atoms with Crippen LogP contribution in [0, 0.1) is 0 Å². The molecule has 0 fully saturated rings. The number of fused-ring (bicyclic) bond motifs is 1. The molecule has 1 atom stereocenters. The van der Waals surface area contributed by atoms with Crippen LogP contribution in [0.4, 0.5) is 0 Å². The Hall–Kier alpha value is -1.13. The number of aromatic nitrogens is 1. The van der Waals surface area contributed by atoms with E-state index in [9.17, 15) is 4.79 Å². The summed E-state index contributed by atoms with van der Waals surface area (Å²) >= 11 is 0. The van der Waals surface area contributed by atoms with Gasteiger partial charge in [0.25, 0.3) is 5.56 Å². The molecule has 4 heteroatoms. The molecule has 4 nitrogen and oxygen atoms in total. The highest BCUT2D eigenvalue weighted by Crippen LogP contribution is 2.28. The van der Waals surface area contributed by atoms with E-state index in [1.165, 1.54) is 17.7 Å². The van der Waals surface area contributed by atoms with Gasteiger partial charge in [-0.25, -0.2) is 0 Å². The second kappa shape index (κ2) is 6.35.